The van der Waals surface area contributed by atoms with Crippen LogP contribution in [0.1, 0.15) is 11.4 Å². The summed E-state index contributed by atoms with van der Waals surface area (Å²) >= 11 is 4.97. The summed E-state index contributed by atoms with van der Waals surface area (Å²) in [4.78, 5) is 29.7. The van der Waals surface area contributed by atoms with E-state index in [1.807, 2.05) is 19.1 Å². The number of hydrogen-bond acceptors (Lipinski definition) is 4. The second-order valence-corrected chi connectivity index (χ2v) is 4.61. The number of nitrogens with one attached hydrogen (secondary N) is 1. The van der Waals surface area contributed by atoms with Crippen molar-refractivity contribution in [2.75, 3.05) is 6.54 Å². The van der Waals surface area contributed by atoms with Gasteiger partial charge in [-0.1, -0.05) is 12.1 Å². The van der Waals surface area contributed by atoms with Crippen molar-refractivity contribution in [1.82, 2.24) is 15.2 Å². The van der Waals surface area contributed by atoms with Gasteiger partial charge in [-0.15, -0.1) is 6.58 Å². The van der Waals surface area contributed by atoms with Crippen LogP contribution in [-0.2, 0) is 9.59 Å². The fraction of sp³-hybridized carbons (Fsp3) is 0.143. The fourth-order valence-corrected chi connectivity index (χ4v) is 2.03. The molecule has 0 aromatic carbocycles. The van der Waals surface area contributed by atoms with Gasteiger partial charge in [0, 0.05) is 12.2 Å². The molecule has 0 bridgehead atoms. The average Bonchev–Trinajstić information content (AvgIpc) is 2.39. The molecule has 6 heteroatoms. The number of rotatable bonds is 3. The van der Waals surface area contributed by atoms with Gasteiger partial charge in [-0.05, 0) is 37.4 Å². The maximum Gasteiger partial charge on any atom is 0.266 e. The van der Waals surface area contributed by atoms with Crippen LogP contribution >= 0.6 is 12.2 Å². The van der Waals surface area contributed by atoms with E-state index in [9.17, 15) is 9.59 Å². The van der Waals surface area contributed by atoms with Gasteiger partial charge in [-0.2, -0.15) is 0 Å². The first-order valence-corrected chi connectivity index (χ1v) is 6.37. The molecule has 1 aromatic rings. The van der Waals surface area contributed by atoms with E-state index in [1.54, 1.807) is 12.1 Å². The Morgan fingerprint density at radius 3 is 2.85 bits per heavy atom. The normalized spacial score (nSPS) is 17.4. The summed E-state index contributed by atoms with van der Waals surface area (Å²) in [6.45, 7) is 5.65. The maximum atomic E-state index is 12.3. The van der Waals surface area contributed by atoms with Crippen molar-refractivity contribution in [2.24, 2.45) is 0 Å². The lowest BCUT2D eigenvalue weighted by atomic mass is 10.1. The summed E-state index contributed by atoms with van der Waals surface area (Å²) in [5.41, 5.74) is 1.37. The predicted molar refractivity (Wildman–Crippen MR) is 79.6 cm³/mol. The summed E-state index contributed by atoms with van der Waals surface area (Å²) in [5, 5.41) is 2.58. The SMILES string of the molecule is C=CCN1C(=O)/C(=C/c2cccc(C)n2)C(=O)NC1=S. The lowest BCUT2D eigenvalue weighted by Gasteiger charge is -2.27. The summed E-state index contributed by atoms with van der Waals surface area (Å²) in [6, 6.07) is 5.38. The summed E-state index contributed by atoms with van der Waals surface area (Å²) in [5.74, 6) is -0.953. The molecule has 2 amide bonds. The number of carbonyl (C=O) groups excluding carboxylic acids is 2. The molecule has 1 N–H and O–H groups in total. The highest BCUT2D eigenvalue weighted by Gasteiger charge is 2.32. The van der Waals surface area contributed by atoms with Crippen LogP contribution in [0.5, 0.6) is 0 Å². The van der Waals surface area contributed by atoms with Crippen molar-refractivity contribution in [1.29, 1.82) is 0 Å². The van der Waals surface area contributed by atoms with Gasteiger partial charge in [0.1, 0.15) is 5.57 Å². The van der Waals surface area contributed by atoms with Crippen LogP contribution in [-0.4, -0.2) is 33.4 Å². The Morgan fingerprint density at radius 2 is 2.20 bits per heavy atom. The Balaban J connectivity index is 2.38. The number of aryl methyl sites for hydroxylation is 1. The third-order valence-electron chi connectivity index (χ3n) is 2.70. The molecular weight excluding hydrogens is 274 g/mol. The average molecular weight is 287 g/mol. The van der Waals surface area contributed by atoms with Crippen LogP contribution in [0.3, 0.4) is 0 Å². The third kappa shape index (κ3) is 2.80. The standard InChI is InChI=1S/C14H13N3O2S/c1-3-7-17-13(19)11(12(18)16-14(17)20)8-10-6-4-5-9(2)15-10/h3-6,8H,1,7H2,2H3,(H,16,18,20)/b11-8+. The van der Waals surface area contributed by atoms with Crippen molar-refractivity contribution in [3.8, 4) is 0 Å². The van der Waals surface area contributed by atoms with Crippen molar-refractivity contribution in [3.05, 3.63) is 47.8 Å². The number of thiocarbonyl (C=S) groups is 1. The smallest absolute Gasteiger partial charge is 0.266 e. The molecule has 0 unspecified atom stereocenters. The van der Waals surface area contributed by atoms with E-state index in [0.717, 1.165) is 5.69 Å². The molecule has 5 nitrogen and oxygen atoms in total. The Bertz CT molecular complexity index is 637. The molecule has 0 saturated carbocycles. The summed E-state index contributed by atoms with van der Waals surface area (Å²) in [7, 11) is 0. The molecule has 0 aliphatic carbocycles. The van der Waals surface area contributed by atoms with E-state index in [1.165, 1.54) is 11.0 Å². The lowest BCUT2D eigenvalue weighted by molar-refractivity contribution is -0.128. The monoisotopic (exact) mass is 287 g/mol. The lowest BCUT2D eigenvalue weighted by Crippen LogP contribution is -2.53. The molecule has 1 aromatic heterocycles. The van der Waals surface area contributed by atoms with Crippen LogP contribution in [0.2, 0.25) is 0 Å². The maximum absolute atomic E-state index is 12.3. The van der Waals surface area contributed by atoms with E-state index in [0.29, 0.717) is 5.69 Å². The minimum Gasteiger partial charge on any atom is -0.298 e. The number of amides is 2. The molecule has 0 atom stereocenters. The molecule has 2 rings (SSSR count). The second kappa shape index (κ2) is 5.75. The van der Waals surface area contributed by atoms with Gasteiger partial charge in [0.15, 0.2) is 5.11 Å². The number of carbonyl (C=O) groups is 2. The van der Waals surface area contributed by atoms with Gasteiger partial charge in [0.2, 0.25) is 0 Å². The summed E-state index contributed by atoms with van der Waals surface area (Å²) in [6.07, 6.45) is 3.01. The van der Waals surface area contributed by atoms with Gasteiger partial charge in [-0.3, -0.25) is 24.8 Å². The van der Waals surface area contributed by atoms with E-state index in [2.05, 4.69) is 16.9 Å². The zero-order chi connectivity index (χ0) is 14.7. The highest BCUT2D eigenvalue weighted by Crippen LogP contribution is 2.13. The van der Waals surface area contributed by atoms with Gasteiger partial charge in [0.25, 0.3) is 11.8 Å². The fourth-order valence-electron chi connectivity index (χ4n) is 1.78. The van der Waals surface area contributed by atoms with E-state index in [-0.39, 0.29) is 17.2 Å². The zero-order valence-corrected chi connectivity index (χ0v) is 11.7. The molecule has 0 spiro atoms. The highest BCUT2D eigenvalue weighted by molar-refractivity contribution is 7.80. The van der Waals surface area contributed by atoms with E-state index >= 15 is 0 Å². The molecule has 102 valence electrons. The molecule has 1 fully saturated rings. The van der Waals surface area contributed by atoms with Crippen LogP contribution in [0.25, 0.3) is 6.08 Å². The van der Waals surface area contributed by atoms with Gasteiger partial charge >= 0.3 is 0 Å². The van der Waals surface area contributed by atoms with Crippen molar-refractivity contribution in [2.45, 2.75) is 6.92 Å². The minimum atomic E-state index is -0.511. The van der Waals surface area contributed by atoms with Gasteiger partial charge < -0.3 is 0 Å². The largest absolute Gasteiger partial charge is 0.298 e. The van der Waals surface area contributed by atoms with Crippen molar-refractivity contribution >= 4 is 35.2 Å². The second-order valence-electron chi connectivity index (χ2n) is 4.23. The van der Waals surface area contributed by atoms with Gasteiger partial charge in [-0.25, -0.2) is 0 Å². The zero-order valence-electron chi connectivity index (χ0n) is 10.9. The van der Waals surface area contributed by atoms with Crippen LogP contribution < -0.4 is 5.32 Å². The number of hydrogen-bond donors (Lipinski definition) is 1. The molecule has 2 heterocycles. The molecule has 0 radical (unpaired) electrons. The minimum absolute atomic E-state index is 0.0125. The molecule has 20 heavy (non-hydrogen) atoms. The molecular formula is C14H13N3O2S. The topological polar surface area (TPSA) is 62.3 Å². The number of aromatic nitrogens is 1. The first kappa shape index (κ1) is 14.1. The quantitative estimate of drug-likeness (QED) is 0.393. The Kier molecular flexibility index (Phi) is 4.05. The van der Waals surface area contributed by atoms with Crippen LogP contribution in [0.4, 0.5) is 0 Å². The first-order valence-electron chi connectivity index (χ1n) is 5.96. The third-order valence-corrected chi connectivity index (χ3v) is 3.02. The molecule has 1 saturated heterocycles. The number of nitrogens with zero attached hydrogens (tertiary/aromatic N) is 2. The number of pyridine rings is 1. The van der Waals surface area contributed by atoms with Crippen LogP contribution in [0, 0.1) is 6.92 Å². The van der Waals surface area contributed by atoms with Crippen molar-refractivity contribution in [3.63, 3.8) is 0 Å². The molecule has 1 aliphatic heterocycles. The Morgan fingerprint density at radius 1 is 1.45 bits per heavy atom. The summed E-state index contributed by atoms with van der Waals surface area (Å²) < 4.78 is 0. The molecule has 1 aliphatic rings. The highest BCUT2D eigenvalue weighted by atomic mass is 32.1. The van der Waals surface area contributed by atoms with Gasteiger partial charge in [0.05, 0.1) is 5.69 Å². The van der Waals surface area contributed by atoms with E-state index < -0.39 is 11.8 Å². The van der Waals surface area contributed by atoms with Crippen LogP contribution in [0.15, 0.2) is 36.4 Å². The first-order chi connectivity index (χ1) is 9.52. The Labute approximate surface area is 122 Å². The Hall–Kier alpha value is -2.34. The van der Waals surface area contributed by atoms with E-state index in [4.69, 9.17) is 12.2 Å². The predicted octanol–water partition coefficient (Wildman–Crippen LogP) is 1.20. The van der Waals surface area contributed by atoms with Crippen molar-refractivity contribution < 1.29 is 9.59 Å².